The van der Waals surface area contributed by atoms with Gasteiger partial charge >= 0.3 is 0 Å². The van der Waals surface area contributed by atoms with Crippen LogP contribution in [-0.2, 0) is 5.41 Å². The predicted molar refractivity (Wildman–Crippen MR) is 109 cm³/mol. The van der Waals surface area contributed by atoms with Gasteiger partial charge in [0.1, 0.15) is 17.8 Å². The van der Waals surface area contributed by atoms with Crippen LogP contribution in [0.5, 0.6) is 0 Å². The van der Waals surface area contributed by atoms with Crippen molar-refractivity contribution in [3.8, 4) is 6.07 Å². The molecule has 27 heavy (non-hydrogen) atoms. The number of imidazole rings is 1. The SMILES string of the molecule is CC(C)(CCC#N)c1ccc(C=O)cc1.CNc1cn2cc(Cl)ccc2n1. The molecule has 0 aliphatic carbocycles. The molecule has 3 aromatic rings. The summed E-state index contributed by atoms with van der Waals surface area (Å²) in [5.41, 5.74) is 2.75. The van der Waals surface area contributed by atoms with E-state index in [-0.39, 0.29) is 5.41 Å². The topological polar surface area (TPSA) is 70.2 Å². The molecule has 0 radical (unpaired) electrons. The van der Waals surface area contributed by atoms with Crippen molar-refractivity contribution in [2.24, 2.45) is 0 Å². The number of hydrogen-bond acceptors (Lipinski definition) is 4. The van der Waals surface area contributed by atoms with Gasteiger partial charge < -0.3 is 9.72 Å². The Balaban J connectivity index is 0.000000198. The van der Waals surface area contributed by atoms with E-state index in [1.54, 1.807) is 0 Å². The Morgan fingerprint density at radius 1 is 1.22 bits per heavy atom. The number of aromatic nitrogens is 2. The minimum absolute atomic E-state index is 0.00283. The van der Waals surface area contributed by atoms with Crippen LogP contribution in [0.4, 0.5) is 5.82 Å². The molecule has 0 amide bonds. The summed E-state index contributed by atoms with van der Waals surface area (Å²) >= 11 is 5.80. The van der Waals surface area contributed by atoms with E-state index >= 15 is 0 Å². The highest BCUT2D eigenvalue weighted by atomic mass is 35.5. The minimum Gasteiger partial charge on any atom is -0.372 e. The molecule has 140 valence electrons. The van der Waals surface area contributed by atoms with Crippen LogP contribution < -0.4 is 5.32 Å². The van der Waals surface area contributed by atoms with E-state index in [0.717, 1.165) is 24.2 Å². The smallest absolute Gasteiger partial charge is 0.150 e. The van der Waals surface area contributed by atoms with Gasteiger partial charge in [0.05, 0.1) is 17.3 Å². The van der Waals surface area contributed by atoms with Crippen LogP contribution in [0.1, 0.15) is 42.6 Å². The number of nitrogens with one attached hydrogen (secondary N) is 1. The van der Waals surface area contributed by atoms with Crippen LogP contribution in [0.2, 0.25) is 5.02 Å². The van der Waals surface area contributed by atoms with Crippen molar-refractivity contribution in [1.29, 1.82) is 5.26 Å². The number of rotatable bonds is 5. The standard InChI is InChI=1S/C13H15NO.C8H8ClN3/c1-13(2,8-3-9-14)12-6-4-11(10-15)5-7-12;1-10-7-5-12-4-6(9)2-3-8(12)11-7/h4-7,10H,3,8H2,1-2H3;2-5,10H,1H3. The highest BCUT2D eigenvalue weighted by Crippen LogP contribution is 2.28. The lowest BCUT2D eigenvalue weighted by Crippen LogP contribution is -2.16. The van der Waals surface area contributed by atoms with Crippen molar-refractivity contribution in [3.05, 3.63) is 64.9 Å². The first-order valence-electron chi connectivity index (χ1n) is 8.64. The molecule has 5 nitrogen and oxygen atoms in total. The zero-order chi connectivity index (χ0) is 19.9. The number of halogens is 1. The van der Waals surface area contributed by atoms with Gasteiger partial charge in [-0.2, -0.15) is 5.26 Å². The van der Waals surface area contributed by atoms with Crippen molar-refractivity contribution in [2.75, 3.05) is 12.4 Å². The molecule has 0 spiro atoms. The maximum Gasteiger partial charge on any atom is 0.150 e. The molecule has 2 heterocycles. The lowest BCUT2D eigenvalue weighted by Gasteiger charge is -2.24. The number of aldehydes is 1. The number of benzene rings is 1. The van der Waals surface area contributed by atoms with Gasteiger partial charge in [-0.3, -0.25) is 4.79 Å². The Hall–Kier alpha value is -2.84. The van der Waals surface area contributed by atoms with Crippen molar-refractivity contribution in [1.82, 2.24) is 9.38 Å². The molecule has 2 aromatic heterocycles. The molecule has 0 unspecified atom stereocenters. The molecule has 1 aromatic carbocycles. The number of fused-ring (bicyclic) bond motifs is 1. The lowest BCUT2D eigenvalue weighted by atomic mass is 9.80. The summed E-state index contributed by atoms with van der Waals surface area (Å²) in [6.07, 6.45) is 5.95. The first-order chi connectivity index (χ1) is 12.9. The Morgan fingerprint density at radius 2 is 1.93 bits per heavy atom. The summed E-state index contributed by atoms with van der Waals surface area (Å²) in [6.45, 7) is 4.22. The van der Waals surface area contributed by atoms with Crippen LogP contribution >= 0.6 is 11.6 Å². The number of nitriles is 1. The zero-order valence-electron chi connectivity index (χ0n) is 15.7. The van der Waals surface area contributed by atoms with Gasteiger partial charge in [0.15, 0.2) is 0 Å². The molecule has 0 atom stereocenters. The number of nitrogens with zero attached hydrogens (tertiary/aromatic N) is 3. The fourth-order valence-electron chi connectivity index (χ4n) is 2.61. The average molecular weight is 383 g/mol. The maximum absolute atomic E-state index is 10.5. The molecular formula is C21H23ClN4O. The van der Waals surface area contributed by atoms with E-state index in [2.05, 4.69) is 30.2 Å². The molecular weight excluding hydrogens is 360 g/mol. The Bertz CT molecular complexity index is 939. The quantitative estimate of drug-likeness (QED) is 0.622. The second-order valence-electron chi connectivity index (χ2n) is 6.77. The largest absolute Gasteiger partial charge is 0.372 e. The van der Waals surface area contributed by atoms with E-state index in [1.807, 2.05) is 60.2 Å². The number of anilines is 1. The number of carbonyl (C=O) groups excluding carboxylic acids is 1. The van der Waals surface area contributed by atoms with Crippen LogP contribution in [0.3, 0.4) is 0 Å². The highest BCUT2D eigenvalue weighted by Gasteiger charge is 2.19. The monoisotopic (exact) mass is 382 g/mol. The average Bonchev–Trinajstić information content (AvgIpc) is 3.09. The predicted octanol–water partition coefficient (Wildman–Crippen LogP) is 5.11. The van der Waals surface area contributed by atoms with Crippen molar-refractivity contribution in [2.45, 2.75) is 32.1 Å². The Morgan fingerprint density at radius 3 is 2.52 bits per heavy atom. The first kappa shape index (κ1) is 20.5. The second kappa shape index (κ2) is 9.20. The molecule has 3 rings (SSSR count). The van der Waals surface area contributed by atoms with Gasteiger partial charge in [-0.25, -0.2) is 4.98 Å². The van der Waals surface area contributed by atoms with Crippen LogP contribution in [0.25, 0.3) is 5.65 Å². The molecule has 0 aliphatic heterocycles. The van der Waals surface area contributed by atoms with E-state index in [1.165, 1.54) is 5.56 Å². The summed E-state index contributed by atoms with van der Waals surface area (Å²) < 4.78 is 1.88. The molecule has 0 bridgehead atoms. The molecule has 0 fully saturated rings. The summed E-state index contributed by atoms with van der Waals surface area (Å²) in [5.74, 6) is 0.845. The van der Waals surface area contributed by atoms with Crippen molar-refractivity contribution in [3.63, 3.8) is 0 Å². The first-order valence-corrected chi connectivity index (χ1v) is 9.02. The normalized spacial score (nSPS) is 10.6. The second-order valence-corrected chi connectivity index (χ2v) is 7.21. The van der Waals surface area contributed by atoms with Gasteiger partial charge in [0, 0.05) is 25.2 Å². The molecule has 0 saturated heterocycles. The highest BCUT2D eigenvalue weighted by molar-refractivity contribution is 6.30. The fraction of sp³-hybridized carbons (Fsp3) is 0.286. The Kier molecular flexibility index (Phi) is 6.98. The summed E-state index contributed by atoms with van der Waals surface area (Å²) in [5, 5.41) is 12.2. The van der Waals surface area contributed by atoms with Crippen molar-refractivity contribution < 1.29 is 4.79 Å². The third kappa shape index (κ3) is 5.57. The lowest BCUT2D eigenvalue weighted by molar-refractivity contribution is 0.112. The van der Waals surface area contributed by atoms with E-state index in [4.69, 9.17) is 16.9 Å². The number of pyridine rings is 1. The van der Waals surface area contributed by atoms with Crippen LogP contribution in [0, 0.1) is 11.3 Å². The maximum atomic E-state index is 10.5. The van der Waals surface area contributed by atoms with E-state index in [0.29, 0.717) is 17.0 Å². The van der Waals surface area contributed by atoms with Crippen LogP contribution in [-0.4, -0.2) is 22.7 Å². The summed E-state index contributed by atoms with van der Waals surface area (Å²) in [7, 11) is 1.84. The summed E-state index contributed by atoms with van der Waals surface area (Å²) in [4.78, 5) is 14.8. The van der Waals surface area contributed by atoms with Gasteiger partial charge in [-0.1, -0.05) is 49.7 Å². The molecule has 1 N–H and O–H groups in total. The van der Waals surface area contributed by atoms with Gasteiger partial charge in [-0.05, 0) is 29.5 Å². The number of carbonyl (C=O) groups is 1. The minimum atomic E-state index is -0.00283. The van der Waals surface area contributed by atoms with E-state index in [9.17, 15) is 4.79 Å². The van der Waals surface area contributed by atoms with E-state index < -0.39 is 0 Å². The molecule has 6 heteroatoms. The third-order valence-corrected chi connectivity index (χ3v) is 4.58. The third-order valence-electron chi connectivity index (χ3n) is 4.36. The van der Waals surface area contributed by atoms with Gasteiger partial charge in [-0.15, -0.1) is 0 Å². The van der Waals surface area contributed by atoms with Gasteiger partial charge in [0.25, 0.3) is 0 Å². The van der Waals surface area contributed by atoms with Crippen molar-refractivity contribution >= 4 is 29.4 Å². The molecule has 0 saturated carbocycles. The summed E-state index contributed by atoms with van der Waals surface area (Å²) in [6, 6.07) is 13.4. The van der Waals surface area contributed by atoms with Crippen LogP contribution in [0.15, 0.2) is 48.8 Å². The zero-order valence-corrected chi connectivity index (χ0v) is 16.5. The fourth-order valence-corrected chi connectivity index (χ4v) is 2.78. The molecule has 0 aliphatic rings. The van der Waals surface area contributed by atoms with Gasteiger partial charge in [0.2, 0.25) is 0 Å². The number of hydrogen-bond donors (Lipinski definition) is 1. The Labute approximate surface area is 164 Å².